The molecule has 1 aliphatic heterocycles. The molecule has 1 aromatic heterocycles. The van der Waals surface area contributed by atoms with E-state index in [-0.39, 0.29) is 42.2 Å². The normalized spacial score (nSPS) is 15.2. The van der Waals surface area contributed by atoms with Gasteiger partial charge in [-0.2, -0.15) is 4.31 Å². The monoisotopic (exact) mass is 568 g/mol. The van der Waals surface area contributed by atoms with Crippen molar-refractivity contribution in [1.82, 2.24) is 14.2 Å². The van der Waals surface area contributed by atoms with E-state index in [1.807, 2.05) is 19.1 Å². The lowest BCUT2D eigenvalue weighted by atomic mass is 9.96. The molecule has 0 spiro atoms. The number of aryl methyl sites for hydroxylation is 1. The average molecular weight is 569 g/mol. The summed E-state index contributed by atoms with van der Waals surface area (Å²) in [6.07, 6.45) is 0.871. The van der Waals surface area contributed by atoms with Crippen LogP contribution in [0.1, 0.15) is 32.3 Å². The number of hydrogen-bond acceptors (Lipinski definition) is 6. The molecule has 202 valence electrons. The van der Waals surface area contributed by atoms with Crippen molar-refractivity contribution in [3.63, 3.8) is 0 Å². The molecule has 2 aromatic carbocycles. The molecule has 37 heavy (non-hydrogen) atoms. The minimum absolute atomic E-state index is 0. The van der Waals surface area contributed by atoms with Gasteiger partial charge in [0, 0.05) is 32.1 Å². The lowest BCUT2D eigenvalue weighted by molar-refractivity contribution is -0.123. The van der Waals surface area contributed by atoms with Gasteiger partial charge in [-0.05, 0) is 74.8 Å². The molecule has 0 aliphatic carbocycles. The van der Waals surface area contributed by atoms with E-state index in [0.717, 1.165) is 47.5 Å². The molecule has 0 saturated carbocycles. The van der Waals surface area contributed by atoms with Gasteiger partial charge >= 0.3 is 0 Å². The van der Waals surface area contributed by atoms with Gasteiger partial charge < -0.3 is 4.90 Å². The average Bonchev–Trinajstić information content (AvgIpc) is 3.29. The summed E-state index contributed by atoms with van der Waals surface area (Å²) in [5.74, 6) is -0.764. The van der Waals surface area contributed by atoms with Crippen LogP contribution in [0.2, 0.25) is 0 Å². The Morgan fingerprint density at radius 2 is 1.73 bits per heavy atom. The largest absolute Gasteiger partial charge is 0.302 e. The Hall–Kier alpha value is -2.11. The quantitative estimate of drug-likeness (QED) is 0.365. The summed E-state index contributed by atoms with van der Waals surface area (Å²) < 4.78 is 41.7. The van der Waals surface area contributed by atoms with E-state index in [1.165, 1.54) is 27.8 Å². The maximum Gasteiger partial charge on any atom is 0.243 e. The molecule has 2 heterocycles. The number of carbonyl (C=O) groups excluding carboxylic acids is 1. The van der Waals surface area contributed by atoms with Gasteiger partial charge in [0.05, 0.1) is 15.1 Å². The first kappa shape index (κ1) is 29.4. The lowest BCUT2D eigenvalue weighted by Gasteiger charge is -2.33. The molecule has 3 aromatic rings. The number of rotatable bonds is 9. The first-order valence-electron chi connectivity index (χ1n) is 12.4. The number of fused-ring (bicyclic) bond motifs is 1. The maximum absolute atomic E-state index is 13.8. The summed E-state index contributed by atoms with van der Waals surface area (Å²) >= 11 is 1.52. The van der Waals surface area contributed by atoms with Crippen molar-refractivity contribution in [2.24, 2.45) is 5.92 Å². The molecule has 1 fully saturated rings. The van der Waals surface area contributed by atoms with Crippen molar-refractivity contribution in [2.45, 2.75) is 38.5 Å². The first-order chi connectivity index (χ1) is 17.2. The second kappa shape index (κ2) is 12.6. The van der Waals surface area contributed by atoms with Gasteiger partial charge in [0.1, 0.15) is 5.82 Å². The fourth-order valence-corrected chi connectivity index (χ4v) is 7.10. The van der Waals surface area contributed by atoms with Crippen molar-refractivity contribution in [3.05, 3.63) is 53.8 Å². The Kier molecular flexibility index (Phi) is 10.0. The van der Waals surface area contributed by atoms with Crippen LogP contribution >= 0.6 is 23.7 Å². The number of benzene rings is 2. The van der Waals surface area contributed by atoms with Gasteiger partial charge in [-0.1, -0.05) is 31.3 Å². The molecule has 0 atom stereocenters. The first-order valence-corrected chi connectivity index (χ1v) is 14.6. The molecule has 4 rings (SSSR count). The molecule has 7 nitrogen and oxygen atoms in total. The number of piperidine rings is 1. The molecule has 0 N–H and O–H groups in total. The molecule has 0 radical (unpaired) electrons. The zero-order chi connectivity index (χ0) is 25.9. The van der Waals surface area contributed by atoms with Gasteiger partial charge in [0.2, 0.25) is 15.9 Å². The van der Waals surface area contributed by atoms with E-state index < -0.39 is 15.8 Å². The number of likely N-dealkylation sites (N-methyl/N-ethyl adjacent to an activating group) is 1. The number of nitrogens with zero attached hydrogens (tertiary/aromatic N) is 4. The Morgan fingerprint density at radius 1 is 1.08 bits per heavy atom. The van der Waals surface area contributed by atoms with Crippen LogP contribution in [-0.4, -0.2) is 67.8 Å². The molecular formula is C26H34ClFN4O3S2. The minimum atomic E-state index is -3.73. The topological polar surface area (TPSA) is 73.8 Å². The highest BCUT2D eigenvalue weighted by atomic mass is 35.5. The number of halogens is 2. The van der Waals surface area contributed by atoms with E-state index in [4.69, 9.17) is 4.98 Å². The third-order valence-corrected chi connectivity index (χ3v) is 9.77. The summed E-state index contributed by atoms with van der Waals surface area (Å²) in [4.78, 5) is 22.7. The maximum atomic E-state index is 13.8. The van der Waals surface area contributed by atoms with Gasteiger partial charge in [-0.15, -0.1) is 12.4 Å². The fourth-order valence-electron chi connectivity index (χ4n) is 4.54. The summed E-state index contributed by atoms with van der Waals surface area (Å²) in [5, 5.41) is 0.689. The van der Waals surface area contributed by atoms with Crippen molar-refractivity contribution < 1.29 is 17.6 Å². The molecule has 1 amide bonds. The smallest absolute Gasteiger partial charge is 0.243 e. The van der Waals surface area contributed by atoms with Crippen LogP contribution < -0.4 is 4.90 Å². The zero-order valence-electron chi connectivity index (χ0n) is 21.4. The van der Waals surface area contributed by atoms with Gasteiger partial charge in [-0.25, -0.2) is 17.8 Å². The molecule has 0 bridgehead atoms. The predicted molar refractivity (Wildman–Crippen MR) is 150 cm³/mol. The second-order valence-electron chi connectivity index (χ2n) is 9.12. The van der Waals surface area contributed by atoms with Gasteiger partial charge in [0.25, 0.3) is 0 Å². The van der Waals surface area contributed by atoms with Crippen LogP contribution in [0.25, 0.3) is 10.2 Å². The zero-order valence-corrected chi connectivity index (χ0v) is 23.8. The molecule has 1 aliphatic rings. The molecule has 0 unspecified atom stereocenters. The van der Waals surface area contributed by atoms with E-state index in [2.05, 4.69) is 24.8 Å². The summed E-state index contributed by atoms with van der Waals surface area (Å²) in [7, 11) is -3.73. The Balaban J connectivity index is 0.00000380. The van der Waals surface area contributed by atoms with Crippen molar-refractivity contribution in [2.75, 3.05) is 44.2 Å². The third kappa shape index (κ3) is 6.67. The van der Waals surface area contributed by atoms with E-state index in [0.29, 0.717) is 24.5 Å². The summed E-state index contributed by atoms with van der Waals surface area (Å²) in [5.41, 5.74) is 2.02. The second-order valence-corrected chi connectivity index (χ2v) is 12.1. The minimum Gasteiger partial charge on any atom is -0.302 e. The lowest BCUT2D eigenvalue weighted by Crippen LogP contribution is -2.46. The number of aromatic nitrogens is 1. The van der Waals surface area contributed by atoms with Crippen LogP contribution in [0, 0.1) is 18.7 Å². The SMILES string of the molecule is CCN(CC)CCN(C(=O)C1CCN(S(=O)(=O)c2ccc(F)cc2)CC1)c1nc2ccc(C)cc2s1.Cl. The van der Waals surface area contributed by atoms with Crippen LogP contribution in [0.4, 0.5) is 9.52 Å². The van der Waals surface area contributed by atoms with Crippen molar-refractivity contribution in [3.8, 4) is 0 Å². The number of amides is 1. The van der Waals surface area contributed by atoms with Crippen LogP contribution in [-0.2, 0) is 14.8 Å². The number of sulfonamides is 1. The third-order valence-electron chi connectivity index (χ3n) is 6.82. The Labute approximate surface area is 228 Å². The highest BCUT2D eigenvalue weighted by Crippen LogP contribution is 2.32. The van der Waals surface area contributed by atoms with E-state index in [1.54, 1.807) is 4.90 Å². The Morgan fingerprint density at radius 3 is 2.35 bits per heavy atom. The van der Waals surface area contributed by atoms with Crippen LogP contribution in [0.5, 0.6) is 0 Å². The summed E-state index contributed by atoms with van der Waals surface area (Å²) in [6, 6.07) is 11.0. The van der Waals surface area contributed by atoms with Crippen molar-refractivity contribution in [1.29, 1.82) is 0 Å². The molecular weight excluding hydrogens is 535 g/mol. The van der Waals surface area contributed by atoms with Crippen LogP contribution in [0.15, 0.2) is 47.4 Å². The van der Waals surface area contributed by atoms with E-state index in [9.17, 15) is 17.6 Å². The highest BCUT2D eigenvalue weighted by Gasteiger charge is 2.35. The molecule has 1 saturated heterocycles. The predicted octanol–water partition coefficient (Wildman–Crippen LogP) is 4.94. The standard InChI is InChI=1S/C26H33FN4O3S2.ClH/c1-4-29(5-2)16-17-31(26-28-23-11-6-19(3)18-24(23)35-26)25(32)20-12-14-30(15-13-20)36(33,34)22-9-7-21(27)8-10-22;/h6-11,18,20H,4-5,12-17H2,1-3H3;1H. The fraction of sp³-hybridized carbons (Fsp3) is 0.462. The summed E-state index contributed by atoms with van der Waals surface area (Å²) in [6.45, 7) is 9.82. The number of carbonyl (C=O) groups is 1. The number of anilines is 1. The number of hydrogen-bond donors (Lipinski definition) is 0. The van der Waals surface area contributed by atoms with Crippen LogP contribution in [0.3, 0.4) is 0 Å². The van der Waals surface area contributed by atoms with Gasteiger partial charge in [0.15, 0.2) is 5.13 Å². The van der Waals surface area contributed by atoms with Gasteiger partial charge in [-0.3, -0.25) is 9.69 Å². The highest BCUT2D eigenvalue weighted by molar-refractivity contribution is 7.89. The number of thiazole rings is 1. The molecule has 11 heteroatoms. The van der Waals surface area contributed by atoms with Crippen molar-refractivity contribution >= 4 is 55.0 Å². The Bertz CT molecular complexity index is 1310. The van der Waals surface area contributed by atoms with E-state index >= 15 is 0 Å².